The molecule has 0 aliphatic heterocycles. The van der Waals surface area contributed by atoms with Gasteiger partial charge >= 0.3 is 23.9 Å². The van der Waals surface area contributed by atoms with E-state index in [0.717, 1.165) is 12.1 Å². The second kappa shape index (κ2) is 14.9. The Bertz CT molecular complexity index is 1120. The summed E-state index contributed by atoms with van der Waals surface area (Å²) in [5.41, 5.74) is 1.94. The van der Waals surface area contributed by atoms with Crippen molar-refractivity contribution >= 4 is 29.8 Å². The Morgan fingerprint density at radius 1 is 0.947 bits per heavy atom. The van der Waals surface area contributed by atoms with Gasteiger partial charge in [0.2, 0.25) is 0 Å². The van der Waals surface area contributed by atoms with Crippen LogP contribution in [-0.4, -0.2) is 83.8 Å². The number of nitrogens with one attached hydrogen (secondary N) is 3. The van der Waals surface area contributed by atoms with Crippen LogP contribution in [0.2, 0.25) is 0 Å². The van der Waals surface area contributed by atoms with Crippen molar-refractivity contribution in [3.05, 3.63) is 41.5 Å². The summed E-state index contributed by atoms with van der Waals surface area (Å²) in [6.45, 7) is 2.66. The van der Waals surface area contributed by atoms with Crippen LogP contribution in [-0.2, 0) is 27.3 Å². The number of carboxylic acid groups (broad SMARTS) is 3. The topological polar surface area (TPSA) is 226 Å². The van der Waals surface area contributed by atoms with Crippen molar-refractivity contribution < 1.29 is 39.3 Å². The number of carboxylic acids is 3. The summed E-state index contributed by atoms with van der Waals surface area (Å²) in [4.78, 5) is 61.9. The van der Waals surface area contributed by atoms with E-state index in [-0.39, 0.29) is 25.3 Å². The minimum Gasteiger partial charge on any atom is -0.481 e. The average Bonchev–Trinajstić information content (AvgIpc) is 3.33. The zero-order valence-electron chi connectivity index (χ0n) is 20.8. The minimum absolute atomic E-state index is 0.0315. The van der Waals surface area contributed by atoms with E-state index >= 15 is 0 Å². The molecule has 0 aromatic carbocycles. The monoisotopic (exact) mass is 533 g/mol. The maximum atomic E-state index is 12.3. The number of carbonyl (C=O) groups is 5. The number of urea groups is 1. The molecule has 2 heterocycles. The molecule has 2 atom stereocenters. The third kappa shape index (κ3) is 10.2. The second-order valence-corrected chi connectivity index (χ2v) is 8.38. The van der Waals surface area contributed by atoms with Gasteiger partial charge in [0.25, 0.3) is 5.91 Å². The molecule has 0 spiro atoms. The molecule has 3 amide bonds. The first kappa shape index (κ1) is 29.7. The van der Waals surface area contributed by atoms with Crippen molar-refractivity contribution in [2.24, 2.45) is 0 Å². The van der Waals surface area contributed by atoms with Crippen LogP contribution in [0.1, 0.15) is 60.8 Å². The molecule has 0 bridgehead atoms. The van der Waals surface area contributed by atoms with Crippen molar-refractivity contribution in [3.8, 4) is 0 Å². The second-order valence-electron chi connectivity index (χ2n) is 8.38. The highest BCUT2D eigenvalue weighted by molar-refractivity contribution is 5.93. The van der Waals surface area contributed by atoms with E-state index in [1.165, 1.54) is 6.20 Å². The van der Waals surface area contributed by atoms with Crippen LogP contribution in [0, 0.1) is 0 Å². The zero-order chi connectivity index (χ0) is 28.1. The molecule has 0 aliphatic carbocycles. The lowest BCUT2D eigenvalue weighted by Gasteiger charge is -2.18. The first-order valence-corrected chi connectivity index (χ1v) is 12.0. The highest BCUT2D eigenvalue weighted by atomic mass is 16.4. The molecular weight excluding hydrogens is 502 g/mol. The number of amides is 3. The molecule has 0 aliphatic rings. The van der Waals surface area contributed by atoms with Gasteiger partial charge in [-0.15, -0.1) is 5.10 Å². The standard InChI is InChI=1S/C23H31N7O8/c1-2-15-12-30(29-28-15)13-16-7-6-14(11-25-16)20(33)24-10-4-3-5-17(21(34)35)26-23(38)27-18(22(36)37)8-9-19(31)32/h6-7,11-12,17-18H,2-5,8-10,13H2,1H3,(H,24,33)(H,31,32)(H,34,35)(H,36,37)(H2,26,27,38). The number of unbranched alkanes of at least 4 members (excludes halogenated alkanes) is 1. The highest BCUT2D eigenvalue weighted by Crippen LogP contribution is 2.05. The van der Waals surface area contributed by atoms with E-state index in [2.05, 4.69) is 31.2 Å². The lowest BCUT2D eigenvalue weighted by Crippen LogP contribution is -2.51. The van der Waals surface area contributed by atoms with E-state index in [0.29, 0.717) is 30.6 Å². The van der Waals surface area contributed by atoms with Gasteiger partial charge < -0.3 is 31.3 Å². The molecule has 0 radical (unpaired) electrons. The summed E-state index contributed by atoms with van der Waals surface area (Å²) in [6, 6.07) is -0.453. The molecule has 0 saturated heterocycles. The minimum atomic E-state index is -1.48. The molecule has 0 fully saturated rings. The van der Waals surface area contributed by atoms with Gasteiger partial charge in [0.1, 0.15) is 12.1 Å². The SMILES string of the molecule is CCc1cn(Cc2ccc(C(=O)NCCCCC(NC(=O)NC(CCC(=O)O)C(=O)O)C(=O)O)cn2)nn1. The summed E-state index contributed by atoms with van der Waals surface area (Å²) in [5.74, 6) is -4.32. The number of rotatable bonds is 16. The van der Waals surface area contributed by atoms with Gasteiger partial charge in [0, 0.05) is 25.4 Å². The third-order valence-electron chi connectivity index (χ3n) is 5.42. The molecule has 15 heteroatoms. The Balaban J connectivity index is 1.73. The van der Waals surface area contributed by atoms with Crippen LogP contribution in [0.5, 0.6) is 0 Å². The molecule has 2 aromatic rings. The number of hydrogen-bond donors (Lipinski definition) is 6. The predicted molar refractivity (Wildman–Crippen MR) is 130 cm³/mol. The number of nitrogens with zero attached hydrogens (tertiary/aromatic N) is 4. The summed E-state index contributed by atoms with van der Waals surface area (Å²) >= 11 is 0. The van der Waals surface area contributed by atoms with E-state index < -0.39 is 42.4 Å². The Kier molecular flexibility index (Phi) is 11.6. The first-order chi connectivity index (χ1) is 18.1. The van der Waals surface area contributed by atoms with Crippen molar-refractivity contribution in [2.75, 3.05) is 6.54 Å². The summed E-state index contributed by atoms with van der Waals surface area (Å²) in [7, 11) is 0. The summed E-state index contributed by atoms with van der Waals surface area (Å²) in [6.07, 6.45) is 4.02. The van der Waals surface area contributed by atoms with E-state index in [1.807, 2.05) is 13.1 Å². The average molecular weight is 534 g/mol. The normalized spacial score (nSPS) is 12.2. The maximum absolute atomic E-state index is 12.3. The lowest BCUT2D eigenvalue weighted by molar-refractivity contribution is -0.140. The number of aryl methyl sites for hydroxylation is 1. The molecule has 2 aromatic heterocycles. The van der Waals surface area contributed by atoms with E-state index in [4.69, 9.17) is 10.2 Å². The Morgan fingerprint density at radius 2 is 1.63 bits per heavy atom. The van der Waals surface area contributed by atoms with Gasteiger partial charge in [-0.1, -0.05) is 12.1 Å². The molecule has 15 nitrogen and oxygen atoms in total. The Labute approximate surface area is 217 Å². The van der Waals surface area contributed by atoms with Crippen molar-refractivity contribution in [1.82, 2.24) is 35.9 Å². The molecule has 2 rings (SSSR count). The zero-order valence-corrected chi connectivity index (χ0v) is 20.8. The number of carbonyl (C=O) groups excluding carboxylic acids is 2. The molecular formula is C23H31N7O8. The van der Waals surface area contributed by atoms with Gasteiger partial charge in [0.15, 0.2) is 0 Å². The Hall–Kier alpha value is -4.56. The fourth-order valence-corrected chi connectivity index (χ4v) is 3.31. The van der Waals surface area contributed by atoms with Gasteiger partial charge in [-0.3, -0.25) is 14.6 Å². The number of pyridine rings is 1. The van der Waals surface area contributed by atoms with Crippen LogP contribution in [0.4, 0.5) is 4.79 Å². The molecule has 38 heavy (non-hydrogen) atoms. The van der Waals surface area contributed by atoms with Crippen LogP contribution >= 0.6 is 0 Å². The first-order valence-electron chi connectivity index (χ1n) is 12.0. The van der Waals surface area contributed by atoms with Gasteiger partial charge in [-0.05, 0) is 44.2 Å². The summed E-state index contributed by atoms with van der Waals surface area (Å²) in [5, 5.41) is 42.1. The van der Waals surface area contributed by atoms with Crippen LogP contribution in [0.15, 0.2) is 24.5 Å². The number of aromatic nitrogens is 4. The lowest BCUT2D eigenvalue weighted by atomic mass is 10.1. The third-order valence-corrected chi connectivity index (χ3v) is 5.42. The predicted octanol–water partition coefficient (Wildman–Crippen LogP) is 0.254. The number of aliphatic carboxylic acids is 3. The van der Waals surface area contributed by atoms with Crippen molar-refractivity contribution in [1.29, 1.82) is 0 Å². The fraction of sp³-hybridized carbons (Fsp3) is 0.478. The molecule has 0 saturated carbocycles. The molecule has 206 valence electrons. The van der Waals surface area contributed by atoms with E-state index in [1.54, 1.807) is 16.8 Å². The summed E-state index contributed by atoms with van der Waals surface area (Å²) < 4.78 is 1.66. The number of hydrogen-bond acceptors (Lipinski definition) is 8. The maximum Gasteiger partial charge on any atom is 0.326 e. The van der Waals surface area contributed by atoms with Gasteiger partial charge in [-0.2, -0.15) is 0 Å². The van der Waals surface area contributed by atoms with Crippen LogP contribution in [0.25, 0.3) is 0 Å². The Morgan fingerprint density at radius 3 is 2.18 bits per heavy atom. The molecule has 6 N–H and O–H groups in total. The van der Waals surface area contributed by atoms with Gasteiger partial charge in [0.05, 0.1) is 23.5 Å². The highest BCUT2D eigenvalue weighted by Gasteiger charge is 2.24. The van der Waals surface area contributed by atoms with Crippen LogP contribution < -0.4 is 16.0 Å². The van der Waals surface area contributed by atoms with E-state index in [9.17, 15) is 29.1 Å². The smallest absolute Gasteiger partial charge is 0.326 e. The van der Waals surface area contributed by atoms with Gasteiger partial charge in [-0.25, -0.2) is 19.1 Å². The van der Waals surface area contributed by atoms with Crippen molar-refractivity contribution in [3.63, 3.8) is 0 Å². The van der Waals surface area contributed by atoms with Crippen molar-refractivity contribution in [2.45, 2.75) is 64.1 Å². The fourth-order valence-electron chi connectivity index (χ4n) is 3.31. The molecule has 2 unspecified atom stereocenters. The van der Waals surface area contributed by atoms with Crippen LogP contribution in [0.3, 0.4) is 0 Å². The largest absolute Gasteiger partial charge is 0.481 e. The quantitative estimate of drug-likeness (QED) is 0.160.